The molecule has 1 amide bonds. The third-order valence-corrected chi connectivity index (χ3v) is 5.51. The van der Waals surface area contributed by atoms with Crippen molar-refractivity contribution in [3.8, 4) is 10.6 Å². The number of amides is 1. The van der Waals surface area contributed by atoms with E-state index in [1.54, 1.807) is 11.3 Å². The van der Waals surface area contributed by atoms with Gasteiger partial charge in [0.2, 0.25) is 0 Å². The normalized spacial score (nSPS) is 18.4. The van der Waals surface area contributed by atoms with Gasteiger partial charge in [0.25, 0.3) is 5.91 Å². The summed E-state index contributed by atoms with van der Waals surface area (Å²) in [6.45, 7) is 2.79. The number of thiophene rings is 1. The van der Waals surface area contributed by atoms with Crippen LogP contribution in [0, 0.1) is 0 Å². The first-order valence-electron chi connectivity index (χ1n) is 8.58. The highest BCUT2D eigenvalue weighted by atomic mass is 32.1. The number of carbonyl (C=O) groups is 1. The maximum atomic E-state index is 13.0. The Balaban J connectivity index is 1.70. The average molecular weight is 352 g/mol. The second-order valence-corrected chi connectivity index (χ2v) is 7.31. The number of hydrogen-bond donors (Lipinski definition) is 1. The lowest BCUT2D eigenvalue weighted by atomic mass is 10.0. The molecular formula is C20H20N2O2S. The Morgan fingerprint density at radius 2 is 2.20 bits per heavy atom. The summed E-state index contributed by atoms with van der Waals surface area (Å²) >= 11 is 1.63. The van der Waals surface area contributed by atoms with Gasteiger partial charge in [-0.2, -0.15) is 0 Å². The SMILES string of the molecule is C[C@@H](NC(=O)c1cc(-c2cccs2)nc2ccccc12)[C@@H]1CCCO1. The number of nitrogens with one attached hydrogen (secondary N) is 1. The van der Waals surface area contributed by atoms with Gasteiger partial charge in [0.05, 0.1) is 33.8 Å². The van der Waals surface area contributed by atoms with E-state index >= 15 is 0 Å². The smallest absolute Gasteiger partial charge is 0.252 e. The number of pyridine rings is 1. The molecule has 2 aromatic heterocycles. The number of para-hydroxylation sites is 1. The summed E-state index contributed by atoms with van der Waals surface area (Å²) in [6.07, 6.45) is 2.17. The Kier molecular flexibility index (Phi) is 4.51. The van der Waals surface area contributed by atoms with Gasteiger partial charge in [-0.25, -0.2) is 4.98 Å². The first-order valence-corrected chi connectivity index (χ1v) is 9.46. The van der Waals surface area contributed by atoms with Crippen molar-refractivity contribution in [3.05, 3.63) is 53.4 Å². The summed E-state index contributed by atoms with van der Waals surface area (Å²) in [4.78, 5) is 18.7. The van der Waals surface area contributed by atoms with Gasteiger partial charge in [-0.3, -0.25) is 4.79 Å². The minimum absolute atomic E-state index is 0.00730. The van der Waals surface area contributed by atoms with E-state index in [4.69, 9.17) is 9.72 Å². The van der Waals surface area contributed by atoms with Crippen molar-refractivity contribution in [2.24, 2.45) is 0 Å². The molecule has 1 fully saturated rings. The largest absolute Gasteiger partial charge is 0.376 e. The number of ether oxygens (including phenoxy) is 1. The van der Waals surface area contributed by atoms with Crippen molar-refractivity contribution >= 4 is 28.1 Å². The van der Waals surface area contributed by atoms with Gasteiger partial charge in [0.15, 0.2) is 0 Å². The molecule has 0 radical (unpaired) electrons. The van der Waals surface area contributed by atoms with Crippen LogP contribution >= 0.6 is 11.3 Å². The highest BCUT2D eigenvalue weighted by Gasteiger charge is 2.25. The van der Waals surface area contributed by atoms with Crippen LogP contribution in [0.4, 0.5) is 0 Å². The van der Waals surface area contributed by atoms with Crippen molar-refractivity contribution < 1.29 is 9.53 Å². The summed E-state index contributed by atoms with van der Waals surface area (Å²) in [5.41, 5.74) is 2.34. The fraction of sp³-hybridized carbons (Fsp3) is 0.300. The van der Waals surface area contributed by atoms with Crippen LogP contribution in [0.15, 0.2) is 47.8 Å². The third kappa shape index (κ3) is 3.30. The first-order chi connectivity index (χ1) is 12.2. The maximum absolute atomic E-state index is 13.0. The van der Waals surface area contributed by atoms with Crippen molar-refractivity contribution in [3.63, 3.8) is 0 Å². The Bertz CT molecular complexity index is 886. The number of hydrogen-bond acceptors (Lipinski definition) is 4. The van der Waals surface area contributed by atoms with E-state index in [1.165, 1.54) is 0 Å². The van der Waals surface area contributed by atoms with Crippen molar-refractivity contribution in [1.82, 2.24) is 10.3 Å². The monoisotopic (exact) mass is 352 g/mol. The second-order valence-electron chi connectivity index (χ2n) is 6.36. The second kappa shape index (κ2) is 6.94. The van der Waals surface area contributed by atoms with Gasteiger partial charge in [0, 0.05) is 12.0 Å². The van der Waals surface area contributed by atoms with Gasteiger partial charge in [-0.1, -0.05) is 24.3 Å². The van der Waals surface area contributed by atoms with Crippen LogP contribution in [0.25, 0.3) is 21.5 Å². The Labute approximate surface area is 150 Å². The van der Waals surface area contributed by atoms with Crippen LogP contribution in [0.2, 0.25) is 0 Å². The molecule has 0 unspecified atom stereocenters. The third-order valence-electron chi connectivity index (χ3n) is 4.62. The van der Waals surface area contributed by atoms with Gasteiger partial charge < -0.3 is 10.1 Å². The summed E-state index contributed by atoms with van der Waals surface area (Å²) < 4.78 is 5.70. The molecular weight excluding hydrogens is 332 g/mol. The van der Waals surface area contributed by atoms with Gasteiger partial charge in [-0.15, -0.1) is 11.3 Å². The Hall–Kier alpha value is -2.24. The Morgan fingerprint density at radius 1 is 1.32 bits per heavy atom. The number of rotatable bonds is 4. The summed E-state index contributed by atoms with van der Waals surface area (Å²) in [5, 5.41) is 6.01. The lowest BCUT2D eigenvalue weighted by Crippen LogP contribution is -2.40. The predicted molar refractivity (Wildman–Crippen MR) is 101 cm³/mol. The molecule has 0 saturated carbocycles. The number of fused-ring (bicyclic) bond motifs is 1. The molecule has 0 aliphatic carbocycles. The van der Waals surface area contributed by atoms with Crippen molar-refractivity contribution in [2.45, 2.75) is 31.9 Å². The molecule has 1 saturated heterocycles. The van der Waals surface area contributed by atoms with Crippen LogP contribution in [0.1, 0.15) is 30.1 Å². The Morgan fingerprint density at radius 3 is 2.96 bits per heavy atom. The average Bonchev–Trinajstić information content (AvgIpc) is 3.34. The molecule has 1 aliphatic heterocycles. The lowest BCUT2D eigenvalue weighted by molar-refractivity contribution is 0.0713. The topological polar surface area (TPSA) is 51.2 Å². The fourth-order valence-electron chi connectivity index (χ4n) is 3.29. The standard InChI is InChI=1S/C20H20N2O2S/c1-13(18-8-4-10-24-18)21-20(23)15-12-17(19-9-5-11-25-19)22-16-7-3-2-6-14(15)16/h2-3,5-7,9,11-13,18H,4,8,10H2,1H3,(H,21,23)/t13-,18+/m1/s1. The molecule has 0 spiro atoms. The van der Waals surface area contributed by atoms with E-state index in [0.717, 1.165) is 40.9 Å². The van der Waals surface area contributed by atoms with E-state index in [2.05, 4.69) is 5.32 Å². The summed E-state index contributed by atoms with van der Waals surface area (Å²) in [7, 11) is 0. The zero-order chi connectivity index (χ0) is 17.2. The van der Waals surface area contributed by atoms with Crippen molar-refractivity contribution in [2.75, 3.05) is 6.61 Å². The molecule has 5 heteroatoms. The molecule has 4 rings (SSSR count). The zero-order valence-electron chi connectivity index (χ0n) is 14.1. The van der Waals surface area contributed by atoms with Gasteiger partial charge >= 0.3 is 0 Å². The first kappa shape index (κ1) is 16.2. The molecule has 2 atom stereocenters. The quantitative estimate of drug-likeness (QED) is 0.763. The highest BCUT2D eigenvalue weighted by Crippen LogP contribution is 2.28. The lowest BCUT2D eigenvalue weighted by Gasteiger charge is -2.20. The zero-order valence-corrected chi connectivity index (χ0v) is 14.9. The van der Waals surface area contributed by atoms with Crippen LogP contribution < -0.4 is 5.32 Å². The molecule has 0 bridgehead atoms. The predicted octanol–water partition coefficient (Wildman–Crippen LogP) is 4.26. The molecule has 1 N–H and O–H groups in total. The van der Waals surface area contributed by atoms with Crippen molar-refractivity contribution in [1.29, 1.82) is 0 Å². The number of carbonyl (C=O) groups excluding carboxylic acids is 1. The van der Waals surface area contributed by atoms with E-state index in [9.17, 15) is 4.79 Å². The van der Waals surface area contributed by atoms with Crippen LogP contribution in [0.5, 0.6) is 0 Å². The molecule has 3 heterocycles. The molecule has 3 aromatic rings. The number of benzene rings is 1. The molecule has 1 aliphatic rings. The van der Waals surface area contributed by atoms with Gasteiger partial charge in [0.1, 0.15) is 0 Å². The number of nitrogens with zero attached hydrogens (tertiary/aromatic N) is 1. The van der Waals surface area contributed by atoms with E-state index in [-0.39, 0.29) is 18.1 Å². The fourth-order valence-corrected chi connectivity index (χ4v) is 3.97. The van der Waals surface area contributed by atoms with E-state index in [0.29, 0.717) is 5.56 Å². The minimum Gasteiger partial charge on any atom is -0.376 e. The van der Waals surface area contributed by atoms with E-state index in [1.807, 2.05) is 54.8 Å². The maximum Gasteiger partial charge on any atom is 0.252 e. The van der Waals surface area contributed by atoms with E-state index < -0.39 is 0 Å². The minimum atomic E-state index is -0.0700. The summed E-state index contributed by atoms with van der Waals surface area (Å²) in [6, 6.07) is 13.7. The molecule has 1 aromatic carbocycles. The van der Waals surface area contributed by atoms with Crippen LogP contribution in [0.3, 0.4) is 0 Å². The number of aromatic nitrogens is 1. The van der Waals surface area contributed by atoms with Crippen LogP contribution in [-0.4, -0.2) is 29.6 Å². The molecule has 4 nitrogen and oxygen atoms in total. The molecule has 25 heavy (non-hydrogen) atoms. The summed E-state index contributed by atoms with van der Waals surface area (Å²) in [5.74, 6) is -0.0700. The van der Waals surface area contributed by atoms with Gasteiger partial charge in [-0.05, 0) is 43.3 Å². The molecule has 128 valence electrons. The van der Waals surface area contributed by atoms with Crippen LogP contribution in [-0.2, 0) is 4.74 Å². The highest BCUT2D eigenvalue weighted by molar-refractivity contribution is 7.13.